The third-order valence-electron chi connectivity index (χ3n) is 5.10. The number of allylic oxidation sites excluding steroid dienone is 3. The Balaban J connectivity index is 2.49. The van der Waals surface area contributed by atoms with Crippen LogP contribution in [0.1, 0.15) is 25.2 Å². The largest absolute Gasteiger partial charge is 0.383 e. The number of aromatic amines is 1. The molecule has 1 N–H and O–H groups in total. The van der Waals surface area contributed by atoms with Crippen molar-refractivity contribution < 1.29 is 0 Å². The summed E-state index contributed by atoms with van der Waals surface area (Å²) in [5.74, 6) is 0. The van der Waals surface area contributed by atoms with Gasteiger partial charge >= 0.3 is 7.41 Å². The summed E-state index contributed by atoms with van der Waals surface area (Å²) in [6.07, 6.45) is 15.0. The Kier molecular flexibility index (Phi) is 6.94. The molecule has 2 heterocycles. The summed E-state index contributed by atoms with van der Waals surface area (Å²) in [6, 6.07) is 8.33. The molecule has 0 aliphatic carbocycles. The van der Waals surface area contributed by atoms with Crippen molar-refractivity contribution in [3.8, 4) is 11.1 Å². The lowest BCUT2D eigenvalue weighted by atomic mass is 9.86. The molecular formula is C27H27BN3. The first kappa shape index (κ1) is 21.9. The van der Waals surface area contributed by atoms with Crippen LogP contribution in [0.15, 0.2) is 79.4 Å². The van der Waals surface area contributed by atoms with Gasteiger partial charge in [0.2, 0.25) is 0 Å². The lowest BCUT2D eigenvalue weighted by molar-refractivity contribution is 1.25. The monoisotopic (exact) mass is 404 g/mol. The minimum absolute atomic E-state index is 0.798. The lowest BCUT2D eigenvalue weighted by Gasteiger charge is -2.09. The van der Waals surface area contributed by atoms with Crippen molar-refractivity contribution in [2.24, 2.45) is 4.99 Å². The SMILES string of the molecule is C=C/C=C(/[B]n1c(C=C)c(-c2c(C=C)[nH]c(=C/C)/c2=C\C=C)c2ccccc21)N=CC. The van der Waals surface area contributed by atoms with E-state index in [1.54, 1.807) is 12.3 Å². The van der Waals surface area contributed by atoms with Crippen LogP contribution in [0, 0.1) is 0 Å². The molecule has 4 heteroatoms. The predicted octanol–water partition coefficient (Wildman–Crippen LogP) is 5.27. The molecule has 0 atom stereocenters. The van der Waals surface area contributed by atoms with E-state index in [4.69, 9.17) is 0 Å². The summed E-state index contributed by atoms with van der Waals surface area (Å²) in [5.41, 5.74) is 5.97. The van der Waals surface area contributed by atoms with E-state index < -0.39 is 0 Å². The Bertz CT molecular complexity index is 1340. The molecule has 3 rings (SSSR count). The van der Waals surface area contributed by atoms with Crippen LogP contribution in [-0.4, -0.2) is 23.1 Å². The Morgan fingerprint density at radius 1 is 1.03 bits per heavy atom. The molecule has 0 aliphatic heterocycles. The second-order valence-corrected chi connectivity index (χ2v) is 6.83. The molecule has 153 valence electrons. The van der Waals surface area contributed by atoms with Crippen LogP contribution in [0.3, 0.4) is 0 Å². The van der Waals surface area contributed by atoms with Crippen molar-refractivity contribution in [2.75, 3.05) is 0 Å². The normalized spacial score (nSPS) is 13.2. The van der Waals surface area contributed by atoms with E-state index >= 15 is 0 Å². The van der Waals surface area contributed by atoms with Crippen LogP contribution in [0.25, 0.3) is 46.3 Å². The molecule has 0 aliphatic rings. The van der Waals surface area contributed by atoms with Gasteiger partial charge in [0.25, 0.3) is 0 Å². The van der Waals surface area contributed by atoms with Gasteiger partial charge < -0.3 is 9.46 Å². The predicted molar refractivity (Wildman–Crippen MR) is 140 cm³/mol. The van der Waals surface area contributed by atoms with Gasteiger partial charge in [0.1, 0.15) is 0 Å². The van der Waals surface area contributed by atoms with E-state index in [1.807, 2.05) is 57.7 Å². The Morgan fingerprint density at radius 2 is 1.81 bits per heavy atom. The zero-order valence-corrected chi connectivity index (χ0v) is 18.2. The molecule has 31 heavy (non-hydrogen) atoms. The zero-order chi connectivity index (χ0) is 22.4. The Labute approximate surface area is 184 Å². The molecule has 1 radical (unpaired) electrons. The molecule has 0 saturated carbocycles. The molecule has 0 unspecified atom stereocenters. The number of nitrogens with one attached hydrogen (secondary N) is 1. The minimum Gasteiger partial charge on any atom is -0.383 e. The van der Waals surface area contributed by atoms with E-state index in [0.717, 1.165) is 49.6 Å². The van der Waals surface area contributed by atoms with E-state index in [-0.39, 0.29) is 0 Å². The van der Waals surface area contributed by atoms with E-state index in [1.165, 1.54) is 0 Å². The van der Waals surface area contributed by atoms with Crippen LogP contribution in [-0.2, 0) is 0 Å². The lowest BCUT2D eigenvalue weighted by Crippen LogP contribution is -2.23. The second-order valence-electron chi connectivity index (χ2n) is 6.83. The number of fused-ring (bicyclic) bond motifs is 1. The third-order valence-corrected chi connectivity index (χ3v) is 5.10. The van der Waals surface area contributed by atoms with E-state index in [0.29, 0.717) is 0 Å². The molecule has 3 nitrogen and oxygen atoms in total. The standard InChI is InChI=1S/C27H27BN3/c1-7-15-19-21(9-3)30-22(10-4)26(19)27-20-17-13-14-18-24(20)31(23(27)11-5)28-25(16-8-2)29-12-6/h7-18,30H,1-2,4-5H2,3,6H3/b19-15+,21-9+,25-16-,29-12?. The fourth-order valence-corrected chi connectivity index (χ4v) is 3.90. The topological polar surface area (TPSA) is 33.1 Å². The fraction of sp³-hybridized carbons (Fsp3) is 0.0741. The number of H-pyrrole nitrogens is 1. The maximum absolute atomic E-state index is 4.48. The van der Waals surface area contributed by atoms with Crippen molar-refractivity contribution in [1.82, 2.24) is 9.46 Å². The summed E-state index contributed by atoms with van der Waals surface area (Å²) in [5, 5.41) is 3.23. The van der Waals surface area contributed by atoms with E-state index in [2.05, 4.69) is 65.0 Å². The number of aromatic nitrogens is 2. The van der Waals surface area contributed by atoms with Crippen molar-refractivity contribution >= 4 is 48.8 Å². The molecule has 1 aromatic carbocycles. The summed E-state index contributed by atoms with van der Waals surface area (Å²) < 4.78 is 2.13. The molecule has 0 fully saturated rings. The number of nitrogens with zero attached hydrogens (tertiary/aromatic N) is 2. The van der Waals surface area contributed by atoms with E-state index in [9.17, 15) is 0 Å². The summed E-state index contributed by atoms with van der Waals surface area (Å²) >= 11 is 0. The Morgan fingerprint density at radius 3 is 2.42 bits per heavy atom. The molecule has 0 amide bonds. The van der Waals surface area contributed by atoms with Gasteiger partial charge in [0.15, 0.2) is 0 Å². The molecule has 3 aromatic rings. The number of aliphatic imine (C=N–C) groups is 1. The highest BCUT2D eigenvalue weighted by atomic mass is 14.9. The van der Waals surface area contributed by atoms with Gasteiger partial charge in [0, 0.05) is 55.8 Å². The smallest absolute Gasteiger partial charge is 0.313 e. The maximum atomic E-state index is 4.48. The average molecular weight is 404 g/mol. The minimum atomic E-state index is 0.798. The Hall–Kier alpha value is -3.79. The molecule has 0 spiro atoms. The van der Waals surface area contributed by atoms with Gasteiger partial charge in [0.05, 0.1) is 0 Å². The van der Waals surface area contributed by atoms with Gasteiger partial charge in [-0.1, -0.05) is 68.8 Å². The molecular weight excluding hydrogens is 377 g/mol. The van der Waals surface area contributed by atoms with Crippen LogP contribution in [0.2, 0.25) is 0 Å². The number of hydrogen-bond acceptors (Lipinski definition) is 1. The number of para-hydroxylation sites is 1. The average Bonchev–Trinajstić information content (AvgIpc) is 3.28. The van der Waals surface area contributed by atoms with Gasteiger partial charge in [-0.3, -0.25) is 4.99 Å². The van der Waals surface area contributed by atoms with Crippen molar-refractivity contribution in [3.63, 3.8) is 0 Å². The third kappa shape index (κ3) is 3.97. The van der Waals surface area contributed by atoms with Gasteiger partial charge in [-0.05, 0) is 38.1 Å². The summed E-state index contributed by atoms with van der Waals surface area (Å²) in [4.78, 5) is 7.96. The highest BCUT2D eigenvalue weighted by molar-refractivity contribution is 6.46. The summed E-state index contributed by atoms with van der Waals surface area (Å²) in [6.45, 7) is 19.8. The fourth-order valence-electron chi connectivity index (χ4n) is 3.90. The van der Waals surface area contributed by atoms with Crippen molar-refractivity contribution in [3.05, 3.63) is 96.4 Å². The molecule has 2 aromatic heterocycles. The summed E-state index contributed by atoms with van der Waals surface area (Å²) in [7, 11) is 2.01. The highest BCUT2D eigenvalue weighted by Gasteiger charge is 2.21. The first-order chi connectivity index (χ1) is 15.1. The van der Waals surface area contributed by atoms with Crippen LogP contribution in [0.4, 0.5) is 0 Å². The maximum Gasteiger partial charge on any atom is 0.313 e. The first-order valence-electron chi connectivity index (χ1n) is 10.2. The van der Waals surface area contributed by atoms with Crippen LogP contribution in [0.5, 0.6) is 0 Å². The molecule has 0 bridgehead atoms. The number of hydrogen-bond donors (Lipinski definition) is 1. The van der Waals surface area contributed by atoms with Gasteiger partial charge in [-0.2, -0.15) is 0 Å². The quantitative estimate of drug-likeness (QED) is 0.301. The molecule has 0 saturated heterocycles. The van der Waals surface area contributed by atoms with Crippen molar-refractivity contribution in [1.29, 1.82) is 0 Å². The van der Waals surface area contributed by atoms with Crippen LogP contribution < -0.4 is 10.6 Å². The van der Waals surface area contributed by atoms with Gasteiger partial charge in [-0.15, -0.1) is 0 Å². The van der Waals surface area contributed by atoms with Crippen molar-refractivity contribution in [2.45, 2.75) is 13.8 Å². The highest BCUT2D eigenvalue weighted by Crippen LogP contribution is 2.35. The van der Waals surface area contributed by atoms with Crippen LogP contribution >= 0.6 is 0 Å². The van der Waals surface area contributed by atoms with Gasteiger partial charge in [-0.25, -0.2) is 0 Å². The second kappa shape index (κ2) is 9.81. The first-order valence-corrected chi connectivity index (χ1v) is 10.2. The number of rotatable bonds is 8. The zero-order valence-electron chi connectivity index (χ0n) is 18.2. The number of benzene rings is 1.